The minimum atomic E-state index is -0.632. The van der Waals surface area contributed by atoms with Crippen LogP contribution in [0, 0.1) is 20.8 Å². The zero-order valence-corrected chi connectivity index (χ0v) is 12.0. The van der Waals surface area contributed by atoms with Crippen LogP contribution in [0.4, 0.5) is 0 Å². The Morgan fingerprint density at radius 2 is 2.00 bits per heavy atom. The zero-order valence-electron chi connectivity index (χ0n) is 12.0. The first-order chi connectivity index (χ1) is 8.39. The summed E-state index contributed by atoms with van der Waals surface area (Å²) in [6.45, 7) is 10.1. The second-order valence-electron chi connectivity index (χ2n) is 5.55. The van der Waals surface area contributed by atoms with Gasteiger partial charge in [0.05, 0.1) is 0 Å². The molecular weight excluding hydrogens is 224 g/mol. The van der Waals surface area contributed by atoms with E-state index in [9.17, 15) is 4.79 Å². The molecule has 0 aliphatic carbocycles. The maximum absolute atomic E-state index is 12.1. The molecule has 2 heteroatoms. The van der Waals surface area contributed by atoms with Crippen LogP contribution in [0.15, 0.2) is 6.07 Å². The second kappa shape index (κ2) is 4.42. The summed E-state index contributed by atoms with van der Waals surface area (Å²) in [7, 11) is 0. The number of hydrogen-bond acceptors (Lipinski definition) is 2. The standard InChI is InChI=1S/C16H22O2/c1-6-14(17)16(5)8-7-13-11(3)9-10(2)12(4)15(13)18-16/h9H,6-8H2,1-5H3/t16-/m0/s1. The van der Waals surface area contributed by atoms with Crippen LogP contribution in [0.1, 0.15) is 48.9 Å². The normalized spacial score (nSPS) is 22.3. The van der Waals surface area contributed by atoms with E-state index in [1.165, 1.54) is 22.3 Å². The first-order valence-electron chi connectivity index (χ1n) is 6.71. The van der Waals surface area contributed by atoms with E-state index in [1.54, 1.807) is 0 Å². The van der Waals surface area contributed by atoms with E-state index in [4.69, 9.17) is 4.74 Å². The smallest absolute Gasteiger partial charge is 0.175 e. The van der Waals surface area contributed by atoms with Gasteiger partial charge < -0.3 is 4.74 Å². The van der Waals surface area contributed by atoms with Crippen LogP contribution in [0.3, 0.4) is 0 Å². The van der Waals surface area contributed by atoms with Crippen molar-refractivity contribution >= 4 is 5.78 Å². The van der Waals surface area contributed by atoms with E-state index < -0.39 is 5.60 Å². The van der Waals surface area contributed by atoms with E-state index in [1.807, 2.05) is 13.8 Å². The molecule has 0 bridgehead atoms. The molecule has 0 N–H and O–H groups in total. The van der Waals surface area contributed by atoms with E-state index in [2.05, 4.69) is 26.8 Å². The van der Waals surface area contributed by atoms with Gasteiger partial charge in [0.25, 0.3) is 0 Å². The molecule has 1 aromatic carbocycles. The molecule has 0 aromatic heterocycles. The number of Topliss-reactive ketones (excluding diaryl/α,β-unsaturated/α-hetero) is 1. The Morgan fingerprint density at radius 1 is 1.33 bits per heavy atom. The third kappa shape index (κ3) is 1.94. The highest BCUT2D eigenvalue weighted by Gasteiger charge is 2.38. The molecule has 18 heavy (non-hydrogen) atoms. The Labute approximate surface area is 109 Å². The third-order valence-corrected chi connectivity index (χ3v) is 4.21. The molecule has 1 atom stereocenters. The summed E-state index contributed by atoms with van der Waals surface area (Å²) in [5.74, 6) is 1.15. The molecule has 1 heterocycles. The molecule has 0 saturated heterocycles. The Kier molecular flexibility index (Phi) is 3.22. The van der Waals surface area contributed by atoms with Crippen LogP contribution in [-0.4, -0.2) is 11.4 Å². The van der Waals surface area contributed by atoms with Gasteiger partial charge in [-0.1, -0.05) is 13.0 Å². The van der Waals surface area contributed by atoms with E-state index in [0.717, 1.165) is 18.6 Å². The van der Waals surface area contributed by atoms with Gasteiger partial charge in [0, 0.05) is 6.42 Å². The zero-order chi connectivity index (χ0) is 13.5. The fourth-order valence-corrected chi connectivity index (χ4v) is 2.76. The van der Waals surface area contributed by atoms with Gasteiger partial charge in [0.1, 0.15) is 5.75 Å². The first kappa shape index (κ1) is 13.1. The monoisotopic (exact) mass is 246 g/mol. The summed E-state index contributed by atoms with van der Waals surface area (Å²) in [6.07, 6.45) is 2.26. The largest absolute Gasteiger partial charge is 0.479 e. The second-order valence-corrected chi connectivity index (χ2v) is 5.55. The van der Waals surface area contributed by atoms with E-state index in [-0.39, 0.29) is 5.78 Å². The molecule has 2 nitrogen and oxygen atoms in total. The fraction of sp³-hybridized carbons (Fsp3) is 0.562. The number of carbonyl (C=O) groups is 1. The number of rotatable bonds is 2. The summed E-state index contributed by atoms with van der Waals surface area (Å²) in [4.78, 5) is 12.1. The Morgan fingerprint density at radius 3 is 2.61 bits per heavy atom. The number of fused-ring (bicyclic) bond motifs is 1. The Hall–Kier alpha value is -1.31. The number of hydrogen-bond donors (Lipinski definition) is 0. The van der Waals surface area contributed by atoms with Gasteiger partial charge in [-0.15, -0.1) is 0 Å². The van der Waals surface area contributed by atoms with Gasteiger partial charge in [-0.3, -0.25) is 4.79 Å². The van der Waals surface area contributed by atoms with Crippen molar-refractivity contribution < 1.29 is 9.53 Å². The molecule has 1 aliphatic rings. The summed E-state index contributed by atoms with van der Waals surface area (Å²) in [5, 5.41) is 0. The molecule has 0 saturated carbocycles. The Bertz CT molecular complexity index is 502. The lowest BCUT2D eigenvalue weighted by molar-refractivity contribution is -0.134. The van der Waals surface area contributed by atoms with Crippen LogP contribution in [0.2, 0.25) is 0 Å². The van der Waals surface area contributed by atoms with Crippen molar-refractivity contribution in [2.45, 2.75) is 59.5 Å². The van der Waals surface area contributed by atoms with E-state index in [0.29, 0.717) is 6.42 Å². The maximum Gasteiger partial charge on any atom is 0.175 e. The van der Waals surface area contributed by atoms with Gasteiger partial charge in [-0.2, -0.15) is 0 Å². The maximum atomic E-state index is 12.1. The van der Waals surface area contributed by atoms with Crippen molar-refractivity contribution in [2.24, 2.45) is 0 Å². The van der Waals surface area contributed by atoms with Crippen molar-refractivity contribution in [1.82, 2.24) is 0 Å². The van der Waals surface area contributed by atoms with Gasteiger partial charge in [-0.05, 0) is 62.8 Å². The minimum absolute atomic E-state index is 0.201. The summed E-state index contributed by atoms with van der Waals surface area (Å²) < 4.78 is 6.12. The van der Waals surface area contributed by atoms with Crippen molar-refractivity contribution in [3.8, 4) is 5.75 Å². The lowest BCUT2D eigenvalue weighted by Crippen LogP contribution is -2.44. The molecular formula is C16H22O2. The Balaban J connectivity index is 2.49. The van der Waals surface area contributed by atoms with Gasteiger partial charge in [0.2, 0.25) is 0 Å². The van der Waals surface area contributed by atoms with Gasteiger partial charge in [-0.25, -0.2) is 0 Å². The average Bonchev–Trinajstić information content (AvgIpc) is 2.34. The lowest BCUT2D eigenvalue weighted by Gasteiger charge is -2.36. The summed E-state index contributed by atoms with van der Waals surface area (Å²) in [6, 6.07) is 2.21. The number of aryl methyl sites for hydroxylation is 2. The third-order valence-electron chi connectivity index (χ3n) is 4.21. The number of benzene rings is 1. The highest BCUT2D eigenvalue weighted by Crippen LogP contribution is 2.39. The first-order valence-corrected chi connectivity index (χ1v) is 6.71. The molecule has 98 valence electrons. The average molecular weight is 246 g/mol. The van der Waals surface area contributed by atoms with Gasteiger partial charge >= 0.3 is 0 Å². The molecule has 0 amide bonds. The molecule has 1 aliphatic heterocycles. The van der Waals surface area contributed by atoms with Crippen molar-refractivity contribution in [2.75, 3.05) is 0 Å². The van der Waals surface area contributed by atoms with Crippen LogP contribution in [0.5, 0.6) is 5.75 Å². The number of ketones is 1. The lowest BCUT2D eigenvalue weighted by atomic mass is 9.85. The molecule has 0 fully saturated rings. The van der Waals surface area contributed by atoms with Crippen LogP contribution < -0.4 is 4.74 Å². The SMILES string of the molecule is CCC(=O)[C@]1(C)CCc2c(C)cc(C)c(C)c2O1. The highest BCUT2D eigenvalue weighted by molar-refractivity contribution is 5.87. The van der Waals surface area contributed by atoms with Crippen molar-refractivity contribution in [3.05, 3.63) is 28.3 Å². The summed E-state index contributed by atoms with van der Waals surface area (Å²) in [5.41, 5.74) is 4.33. The van der Waals surface area contributed by atoms with Crippen LogP contribution >= 0.6 is 0 Å². The fourth-order valence-electron chi connectivity index (χ4n) is 2.76. The van der Waals surface area contributed by atoms with Crippen molar-refractivity contribution in [3.63, 3.8) is 0 Å². The molecule has 0 radical (unpaired) electrons. The molecule has 1 aromatic rings. The van der Waals surface area contributed by atoms with Crippen LogP contribution in [0.25, 0.3) is 0 Å². The number of ether oxygens (including phenoxy) is 1. The van der Waals surface area contributed by atoms with Gasteiger partial charge in [0.15, 0.2) is 11.4 Å². The topological polar surface area (TPSA) is 26.3 Å². The van der Waals surface area contributed by atoms with E-state index >= 15 is 0 Å². The summed E-state index contributed by atoms with van der Waals surface area (Å²) >= 11 is 0. The minimum Gasteiger partial charge on any atom is -0.479 e. The predicted molar refractivity (Wildman–Crippen MR) is 73.3 cm³/mol. The highest BCUT2D eigenvalue weighted by atomic mass is 16.5. The predicted octanol–water partition coefficient (Wildman–Crippen LogP) is 3.67. The quantitative estimate of drug-likeness (QED) is 0.795. The van der Waals surface area contributed by atoms with Crippen LogP contribution in [-0.2, 0) is 11.2 Å². The number of carbonyl (C=O) groups excluding carboxylic acids is 1. The molecule has 0 unspecified atom stereocenters. The molecule has 0 spiro atoms. The molecule has 2 rings (SSSR count). The van der Waals surface area contributed by atoms with Crippen molar-refractivity contribution in [1.29, 1.82) is 0 Å².